The molecule has 0 aromatic heterocycles. The molecule has 2 aromatic rings. The minimum atomic E-state index is -0.165. The molecule has 0 spiro atoms. The highest BCUT2D eigenvalue weighted by molar-refractivity contribution is 5.33. The molecule has 28 heavy (non-hydrogen) atoms. The van der Waals surface area contributed by atoms with Crippen LogP contribution in [0.3, 0.4) is 0 Å². The van der Waals surface area contributed by atoms with E-state index in [2.05, 4.69) is 18.2 Å². The Morgan fingerprint density at radius 3 is 1.79 bits per heavy atom. The Hall–Kier alpha value is -2.04. The van der Waals surface area contributed by atoms with Crippen LogP contribution in [-0.4, -0.2) is 31.5 Å². The number of aliphatic hydroxyl groups is 1. The summed E-state index contributed by atoms with van der Waals surface area (Å²) in [6.07, 6.45) is 6.61. The van der Waals surface area contributed by atoms with Gasteiger partial charge in [0.05, 0.1) is 20.3 Å². The molecule has 152 valence electrons. The lowest BCUT2D eigenvalue weighted by atomic mass is 9.94. The quantitative estimate of drug-likeness (QED) is 0.809. The van der Waals surface area contributed by atoms with Crippen LogP contribution in [0.25, 0.3) is 0 Å². The molecule has 4 rings (SSSR count). The maximum absolute atomic E-state index is 9.77. The largest absolute Gasteiger partial charge is 0.497 e. The van der Waals surface area contributed by atoms with E-state index < -0.39 is 0 Å². The molecule has 0 heterocycles. The number of nitrogens with two attached hydrogens (primary N) is 1. The molecule has 0 radical (unpaired) electrons. The minimum Gasteiger partial charge on any atom is -0.497 e. The highest BCUT2D eigenvalue weighted by atomic mass is 16.5. The van der Waals surface area contributed by atoms with Crippen LogP contribution in [0, 0.1) is 0 Å². The molecular weight excluding hydrogens is 350 g/mol. The van der Waals surface area contributed by atoms with E-state index in [-0.39, 0.29) is 6.10 Å². The number of aliphatic hydroxyl groups excluding tert-OH is 1. The summed E-state index contributed by atoms with van der Waals surface area (Å²) in [7, 11) is 3.37. The molecule has 0 saturated heterocycles. The van der Waals surface area contributed by atoms with Gasteiger partial charge in [-0.15, -0.1) is 0 Å². The fourth-order valence-corrected chi connectivity index (χ4v) is 4.48. The summed E-state index contributed by atoms with van der Waals surface area (Å²) in [5.41, 5.74) is 8.59. The van der Waals surface area contributed by atoms with Crippen molar-refractivity contribution >= 4 is 0 Å². The fraction of sp³-hybridized carbons (Fsp3) is 0.500. The third kappa shape index (κ3) is 5.06. The van der Waals surface area contributed by atoms with E-state index in [0.717, 1.165) is 37.2 Å². The summed E-state index contributed by atoms with van der Waals surface area (Å²) in [6.45, 7) is 0. The first-order chi connectivity index (χ1) is 13.6. The van der Waals surface area contributed by atoms with Crippen LogP contribution in [0.15, 0.2) is 48.5 Å². The van der Waals surface area contributed by atoms with E-state index >= 15 is 0 Å². The van der Waals surface area contributed by atoms with Crippen molar-refractivity contribution in [3.8, 4) is 11.5 Å². The molecule has 4 atom stereocenters. The molecule has 4 heteroatoms. The van der Waals surface area contributed by atoms with Crippen molar-refractivity contribution < 1.29 is 14.6 Å². The van der Waals surface area contributed by atoms with Crippen LogP contribution in [-0.2, 0) is 0 Å². The van der Waals surface area contributed by atoms with Crippen molar-refractivity contribution in [3.05, 3.63) is 59.7 Å². The lowest BCUT2D eigenvalue weighted by molar-refractivity contribution is 0.163. The van der Waals surface area contributed by atoms with Crippen molar-refractivity contribution in [1.82, 2.24) is 0 Å². The predicted molar refractivity (Wildman–Crippen MR) is 113 cm³/mol. The zero-order valence-electron chi connectivity index (χ0n) is 17.0. The maximum atomic E-state index is 9.77. The number of methoxy groups -OCH3 is 2. The molecule has 0 unspecified atom stereocenters. The van der Waals surface area contributed by atoms with E-state index in [4.69, 9.17) is 15.2 Å². The Bertz CT molecular complexity index is 685. The van der Waals surface area contributed by atoms with Crippen LogP contribution >= 0.6 is 0 Å². The van der Waals surface area contributed by atoms with Crippen molar-refractivity contribution in [3.63, 3.8) is 0 Å². The predicted octanol–water partition coefficient (Wildman–Crippen LogP) is 4.61. The molecule has 2 aromatic carbocycles. The van der Waals surface area contributed by atoms with Gasteiger partial charge in [-0.05, 0) is 67.0 Å². The third-order valence-corrected chi connectivity index (χ3v) is 6.09. The molecule has 0 amide bonds. The maximum Gasteiger partial charge on any atom is 0.119 e. The first-order valence-corrected chi connectivity index (χ1v) is 10.3. The molecule has 2 aliphatic carbocycles. The van der Waals surface area contributed by atoms with E-state index in [0.29, 0.717) is 17.9 Å². The molecule has 0 bridgehead atoms. The van der Waals surface area contributed by atoms with Gasteiger partial charge in [-0.25, -0.2) is 0 Å². The zero-order chi connectivity index (χ0) is 19.9. The Balaban J connectivity index is 0.000000161. The first-order valence-electron chi connectivity index (χ1n) is 10.3. The Morgan fingerprint density at radius 2 is 1.32 bits per heavy atom. The van der Waals surface area contributed by atoms with Crippen molar-refractivity contribution in [2.75, 3.05) is 14.2 Å². The third-order valence-electron chi connectivity index (χ3n) is 6.09. The second kappa shape index (κ2) is 9.94. The smallest absolute Gasteiger partial charge is 0.119 e. The lowest BCUT2D eigenvalue weighted by Gasteiger charge is -2.16. The van der Waals surface area contributed by atoms with Gasteiger partial charge in [0, 0.05) is 12.0 Å². The highest BCUT2D eigenvalue weighted by Gasteiger charge is 2.27. The van der Waals surface area contributed by atoms with Gasteiger partial charge in [-0.1, -0.05) is 37.1 Å². The topological polar surface area (TPSA) is 64.7 Å². The summed E-state index contributed by atoms with van der Waals surface area (Å²) in [5, 5.41) is 9.77. The minimum absolute atomic E-state index is 0.165. The van der Waals surface area contributed by atoms with E-state index in [1.165, 1.54) is 24.0 Å². The number of rotatable bonds is 4. The molecule has 3 N–H and O–H groups in total. The van der Waals surface area contributed by atoms with Gasteiger partial charge in [0.1, 0.15) is 11.5 Å². The zero-order valence-corrected chi connectivity index (χ0v) is 17.0. The summed E-state index contributed by atoms with van der Waals surface area (Å²) >= 11 is 0. The summed E-state index contributed by atoms with van der Waals surface area (Å²) in [6, 6.07) is 16.6. The average Bonchev–Trinajstić information content (AvgIpc) is 3.36. The molecule has 0 aliphatic heterocycles. The Kier molecular flexibility index (Phi) is 7.35. The molecule has 2 fully saturated rings. The van der Waals surface area contributed by atoms with Gasteiger partial charge in [0.2, 0.25) is 0 Å². The second-order valence-electron chi connectivity index (χ2n) is 7.86. The van der Waals surface area contributed by atoms with Gasteiger partial charge in [-0.3, -0.25) is 0 Å². The van der Waals surface area contributed by atoms with Gasteiger partial charge < -0.3 is 20.3 Å². The summed E-state index contributed by atoms with van der Waals surface area (Å²) in [4.78, 5) is 0. The Labute approximate surface area is 168 Å². The van der Waals surface area contributed by atoms with Crippen LogP contribution in [0.2, 0.25) is 0 Å². The Morgan fingerprint density at radius 1 is 0.786 bits per heavy atom. The number of benzene rings is 2. The normalized spacial score (nSPS) is 26.4. The average molecular weight is 384 g/mol. The van der Waals surface area contributed by atoms with E-state index in [9.17, 15) is 5.11 Å². The van der Waals surface area contributed by atoms with Gasteiger partial charge in [0.25, 0.3) is 0 Å². The van der Waals surface area contributed by atoms with Gasteiger partial charge >= 0.3 is 0 Å². The number of hydrogen-bond donors (Lipinski definition) is 2. The summed E-state index contributed by atoms with van der Waals surface area (Å²) in [5.74, 6) is 2.65. The molecule has 2 aliphatic rings. The van der Waals surface area contributed by atoms with Gasteiger partial charge in [-0.2, -0.15) is 0 Å². The van der Waals surface area contributed by atoms with Crippen molar-refractivity contribution in [2.24, 2.45) is 5.73 Å². The van der Waals surface area contributed by atoms with E-state index in [1.54, 1.807) is 14.2 Å². The fourth-order valence-electron chi connectivity index (χ4n) is 4.48. The first kappa shape index (κ1) is 20.7. The summed E-state index contributed by atoms with van der Waals surface area (Å²) < 4.78 is 10.4. The van der Waals surface area contributed by atoms with Crippen molar-refractivity contribution in [2.45, 2.75) is 62.5 Å². The number of hydrogen-bond acceptors (Lipinski definition) is 4. The number of ether oxygens (including phenoxy) is 2. The molecular formula is C24H33NO3. The monoisotopic (exact) mass is 383 g/mol. The molecule has 2 saturated carbocycles. The lowest BCUT2D eigenvalue weighted by Crippen LogP contribution is -2.22. The van der Waals surface area contributed by atoms with Crippen molar-refractivity contribution in [1.29, 1.82) is 0 Å². The van der Waals surface area contributed by atoms with Crippen LogP contribution < -0.4 is 15.2 Å². The van der Waals surface area contributed by atoms with Gasteiger partial charge in [0.15, 0.2) is 0 Å². The van der Waals surface area contributed by atoms with E-state index in [1.807, 2.05) is 30.3 Å². The SMILES string of the molecule is COc1cccc([C@H]2CCC[C@@H]2O)c1.COc1cccc([C@H]2CCC[C@H]2N)c1. The van der Waals surface area contributed by atoms with Crippen LogP contribution in [0.1, 0.15) is 61.5 Å². The highest BCUT2D eigenvalue weighted by Crippen LogP contribution is 2.36. The molecule has 4 nitrogen and oxygen atoms in total. The van der Waals surface area contributed by atoms with Crippen LogP contribution in [0.5, 0.6) is 11.5 Å². The standard InChI is InChI=1S/C12H17NO.C12H16O2/c2*1-14-10-5-2-4-9(8-10)11-6-3-7-12(11)13/h2,4-5,8,11-12H,3,6-7,13H2,1H3;2,4-5,8,11-13H,3,6-7H2,1H3/t11-,12-;11-,12+/m11/s1. The second-order valence-corrected chi connectivity index (χ2v) is 7.86. The van der Waals surface area contributed by atoms with Crippen LogP contribution in [0.4, 0.5) is 0 Å².